The lowest BCUT2D eigenvalue weighted by Gasteiger charge is -2.19. The van der Waals surface area contributed by atoms with Crippen LogP contribution in [-0.2, 0) is 34.8 Å². The van der Waals surface area contributed by atoms with Crippen LogP contribution in [0.4, 0.5) is 0 Å². The van der Waals surface area contributed by atoms with Gasteiger partial charge >= 0.3 is 5.97 Å². The Kier molecular flexibility index (Phi) is 6.20. The summed E-state index contributed by atoms with van der Waals surface area (Å²) in [5, 5.41) is 2.20. The summed E-state index contributed by atoms with van der Waals surface area (Å²) in [5.41, 5.74) is 3.52. The van der Waals surface area contributed by atoms with Gasteiger partial charge in [0.25, 0.3) is 0 Å². The molecule has 6 heteroatoms. The van der Waals surface area contributed by atoms with E-state index in [0.29, 0.717) is 5.75 Å². The summed E-state index contributed by atoms with van der Waals surface area (Å²) >= 11 is 10.6. The van der Waals surface area contributed by atoms with Crippen molar-refractivity contribution in [3.05, 3.63) is 16.7 Å². The largest absolute Gasteiger partial charge is 0.426 e. The fourth-order valence-corrected chi connectivity index (χ4v) is 6.21. The fourth-order valence-electron chi connectivity index (χ4n) is 2.04. The Morgan fingerprint density at radius 3 is 2.11 bits per heavy atom. The van der Waals surface area contributed by atoms with E-state index in [4.69, 9.17) is 28.4 Å². The van der Waals surface area contributed by atoms with Crippen LogP contribution in [0.5, 0.6) is 5.75 Å². The number of carbonyl (C=O) groups excluding carboxylic acids is 1. The molecule has 0 aliphatic heterocycles. The van der Waals surface area contributed by atoms with Crippen molar-refractivity contribution >= 4 is 54.9 Å². The molecule has 2 unspecified atom stereocenters. The average Bonchev–Trinajstić information content (AvgIpc) is 2.33. The molecule has 1 rings (SSSR count). The molecule has 0 radical (unpaired) electrons. The van der Waals surface area contributed by atoms with E-state index in [1.165, 1.54) is 23.4 Å². The lowest BCUT2D eigenvalue weighted by molar-refractivity contribution is -0.131. The van der Waals surface area contributed by atoms with Gasteiger partial charge in [0.05, 0.1) is 0 Å². The van der Waals surface area contributed by atoms with Crippen LogP contribution in [0, 0.1) is 13.8 Å². The number of hydrogen-bond acceptors (Lipinski definition) is 4. The molecule has 0 aliphatic carbocycles. The van der Waals surface area contributed by atoms with Crippen molar-refractivity contribution in [1.29, 1.82) is 0 Å². The van der Waals surface area contributed by atoms with E-state index in [-0.39, 0.29) is 20.7 Å². The second-order valence-electron chi connectivity index (χ2n) is 4.07. The Morgan fingerprint density at radius 2 is 1.72 bits per heavy atom. The summed E-state index contributed by atoms with van der Waals surface area (Å²) < 4.78 is 5.42. The number of benzene rings is 1. The Balaban J connectivity index is 3.72. The molecule has 0 heterocycles. The third-order valence-corrected chi connectivity index (χ3v) is 6.60. The lowest BCUT2D eigenvalue weighted by atomic mass is 10.00. The Morgan fingerprint density at radius 1 is 1.17 bits per heavy atom. The predicted molar refractivity (Wildman–Crippen MR) is 90.0 cm³/mol. The van der Waals surface area contributed by atoms with E-state index in [0.717, 1.165) is 17.3 Å². The summed E-state index contributed by atoms with van der Waals surface area (Å²) in [5.74, 6) is 0.410. The highest BCUT2D eigenvalue weighted by atomic mass is 32.4. The van der Waals surface area contributed by atoms with Gasteiger partial charge in [0.15, 0.2) is 0 Å². The first kappa shape index (κ1) is 16.0. The first-order chi connectivity index (χ1) is 8.47. The molecular weight excluding hydrogens is 302 g/mol. The van der Waals surface area contributed by atoms with Crippen LogP contribution in [0.3, 0.4) is 0 Å². The van der Waals surface area contributed by atoms with E-state index < -0.39 is 0 Å². The smallest absolute Gasteiger partial charge is 0.308 e. The molecule has 0 spiro atoms. The van der Waals surface area contributed by atoms with Gasteiger partial charge in [-0.2, -0.15) is 0 Å². The highest BCUT2D eigenvalue weighted by molar-refractivity contribution is 8.02. The van der Waals surface area contributed by atoms with Crippen LogP contribution < -0.4 is 15.3 Å². The van der Waals surface area contributed by atoms with Crippen molar-refractivity contribution in [2.45, 2.75) is 34.1 Å². The molecule has 0 aliphatic rings. The molecule has 1 aromatic rings. The first-order valence-electron chi connectivity index (χ1n) is 5.72. The standard InChI is InChI=1S/C12H18O2P2S2/c1-5-9-6(2)7(3)11(15-17)12(16-18)10(9)14-8(4)13/h5,15-16H2,1-4H3. The minimum atomic E-state index is -0.321. The van der Waals surface area contributed by atoms with Crippen LogP contribution >= 0.6 is 14.7 Å². The number of rotatable bonds is 4. The molecule has 0 aromatic heterocycles. The van der Waals surface area contributed by atoms with Gasteiger partial charge in [0.1, 0.15) is 5.75 Å². The van der Waals surface area contributed by atoms with Gasteiger partial charge in [0.2, 0.25) is 0 Å². The van der Waals surface area contributed by atoms with Gasteiger partial charge < -0.3 is 4.74 Å². The van der Waals surface area contributed by atoms with Crippen molar-refractivity contribution < 1.29 is 9.53 Å². The van der Waals surface area contributed by atoms with Gasteiger partial charge in [-0.25, -0.2) is 0 Å². The van der Waals surface area contributed by atoms with Crippen molar-refractivity contribution in [2.75, 3.05) is 0 Å². The SMILES string of the molecule is CCc1c(C)c(C)c([PH2]=S)c([PH2]=S)c1OC(C)=O. The van der Waals surface area contributed by atoms with Crippen LogP contribution in [0.1, 0.15) is 30.5 Å². The molecule has 2 nitrogen and oxygen atoms in total. The molecule has 0 bridgehead atoms. The van der Waals surface area contributed by atoms with E-state index in [1.54, 1.807) is 0 Å². The highest BCUT2D eigenvalue weighted by Gasteiger charge is 2.18. The molecule has 0 saturated carbocycles. The zero-order valence-electron chi connectivity index (χ0n) is 11.0. The third kappa shape index (κ3) is 3.11. The molecule has 0 saturated heterocycles. The van der Waals surface area contributed by atoms with Crippen molar-refractivity contribution in [3.8, 4) is 5.75 Å². The maximum absolute atomic E-state index is 11.3. The topological polar surface area (TPSA) is 26.3 Å². The zero-order valence-corrected chi connectivity index (χ0v) is 14.9. The van der Waals surface area contributed by atoms with Crippen LogP contribution in [0.25, 0.3) is 0 Å². The number of carbonyl (C=O) groups is 1. The van der Waals surface area contributed by atoms with Gasteiger partial charge in [-0.1, -0.05) is 30.5 Å². The number of esters is 1. The molecule has 0 amide bonds. The Labute approximate surface area is 121 Å². The minimum absolute atomic E-state index is 0.232. The molecule has 18 heavy (non-hydrogen) atoms. The Bertz CT molecular complexity index is 528. The molecule has 1 aromatic carbocycles. The summed E-state index contributed by atoms with van der Waals surface area (Å²) in [6, 6.07) is 0. The van der Waals surface area contributed by atoms with Gasteiger partial charge in [-0.05, 0) is 57.0 Å². The second-order valence-corrected chi connectivity index (χ2v) is 7.11. The monoisotopic (exact) mass is 320 g/mol. The Hall–Kier alpha value is -0.0100. The molecule has 0 N–H and O–H groups in total. The average molecular weight is 320 g/mol. The summed E-state index contributed by atoms with van der Waals surface area (Å²) in [7, 11) is -0.553. The second kappa shape index (κ2) is 6.96. The third-order valence-electron chi connectivity index (χ3n) is 3.06. The van der Waals surface area contributed by atoms with Gasteiger partial charge in [-0.3, -0.25) is 4.79 Å². The zero-order chi connectivity index (χ0) is 13.9. The highest BCUT2D eigenvalue weighted by Crippen LogP contribution is 2.27. The summed E-state index contributed by atoms with van der Waals surface area (Å²) in [4.78, 5) is 11.3. The summed E-state index contributed by atoms with van der Waals surface area (Å²) in [6.07, 6.45) is 0.837. The normalized spacial score (nSPS) is 11.8. The van der Waals surface area contributed by atoms with Gasteiger partial charge in [0, 0.05) is 12.2 Å². The summed E-state index contributed by atoms with van der Waals surface area (Å²) in [6.45, 7) is 7.65. The molecule has 100 valence electrons. The van der Waals surface area contributed by atoms with Crippen molar-refractivity contribution in [2.24, 2.45) is 0 Å². The molecule has 2 atom stereocenters. The first-order valence-corrected chi connectivity index (χ1v) is 10.6. The number of ether oxygens (including phenoxy) is 1. The van der Waals surface area contributed by atoms with Crippen molar-refractivity contribution in [1.82, 2.24) is 0 Å². The number of hydrogen-bond donors (Lipinski definition) is 0. The molecular formula is C12H18O2P2S2. The van der Waals surface area contributed by atoms with Crippen molar-refractivity contribution in [3.63, 3.8) is 0 Å². The maximum Gasteiger partial charge on any atom is 0.308 e. The maximum atomic E-state index is 11.3. The lowest BCUT2D eigenvalue weighted by Crippen LogP contribution is -2.24. The van der Waals surface area contributed by atoms with Gasteiger partial charge in [-0.15, -0.1) is 0 Å². The fraction of sp³-hybridized carbons (Fsp3) is 0.417. The van der Waals surface area contributed by atoms with E-state index in [2.05, 4.69) is 20.8 Å². The predicted octanol–water partition coefficient (Wildman–Crippen LogP) is 1.79. The molecule has 0 fully saturated rings. The van der Waals surface area contributed by atoms with Crippen LogP contribution in [-0.4, -0.2) is 5.97 Å². The quantitative estimate of drug-likeness (QED) is 0.480. The van der Waals surface area contributed by atoms with Crippen LogP contribution in [0.2, 0.25) is 0 Å². The van der Waals surface area contributed by atoms with Crippen LogP contribution in [0.15, 0.2) is 0 Å². The van der Waals surface area contributed by atoms with E-state index >= 15 is 0 Å². The van der Waals surface area contributed by atoms with E-state index in [1.807, 2.05) is 0 Å². The minimum Gasteiger partial charge on any atom is -0.426 e. The van der Waals surface area contributed by atoms with E-state index in [9.17, 15) is 4.79 Å².